The third-order valence-corrected chi connectivity index (χ3v) is 8.00. The second-order valence-electron chi connectivity index (χ2n) is 10.4. The first-order valence-electron chi connectivity index (χ1n) is 13.1. The lowest BCUT2D eigenvalue weighted by Crippen LogP contribution is -2.55. The first kappa shape index (κ1) is 25.6. The quantitative estimate of drug-likeness (QED) is 0.393. The van der Waals surface area contributed by atoms with E-state index in [2.05, 4.69) is 17.6 Å². The van der Waals surface area contributed by atoms with Gasteiger partial charge in [0.05, 0.1) is 17.4 Å². The van der Waals surface area contributed by atoms with Crippen molar-refractivity contribution in [2.75, 3.05) is 19.7 Å². The lowest BCUT2D eigenvalue weighted by atomic mass is 9.66. The molecule has 2 unspecified atom stereocenters. The molecule has 3 saturated heterocycles. The van der Waals surface area contributed by atoms with Crippen molar-refractivity contribution in [1.29, 1.82) is 0 Å². The standard InChI is InChI=1S/C27H39N3O5/c1-3-4-8-15-28-24(33)22-27-14-13-26(2,35-27)20(21(27)25(34)30(22)16-9-10-17-31)23(32)29-18-19-11-6-5-7-12-19/h5-7,11-12,20-22,31H,3-4,8-10,13-18H2,1-2H3,(H,28,33)(H,29,32)/t20-,21+,22?,26+,27?/m1/s1. The summed E-state index contributed by atoms with van der Waals surface area (Å²) in [5.74, 6) is -1.91. The summed E-state index contributed by atoms with van der Waals surface area (Å²) in [5.41, 5.74) is -0.786. The van der Waals surface area contributed by atoms with Gasteiger partial charge in [-0.25, -0.2) is 0 Å². The van der Waals surface area contributed by atoms with Crippen LogP contribution in [0.15, 0.2) is 30.3 Å². The summed E-state index contributed by atoms with van der Waals surface area (Å²) in [6.45, 7) is 5.35. The van der Waals surface area contributed by atoms with Gasteiger partial charge in [0.2, 0.25) is 17.7 Å². The molecule has 192 valence electrons. The Kier molecular flexibility index (Phi) is 7.81. The van der Waals surface area contributed by atoms with Gasteiger partial charge in [0, 0.05) is 26.2 Å². The van der Waals surface area contributed by atoms with E-state index in [9.17, 15) is 19.5 Å². The maximum absolute atomic E-state index is 13.8. The molecule has 8 nitrogen and oxygen atoms in total. The van der Waals surface area contributed by atoms with Crippen LogP contribution in [0.25, 0.3) is 0 Å². The summed E-state index contributed by atoms with van der Waals surface area (Å²) >= 11 is 0. The van der Waals surface area contributed by atoms with Crippen molar-refractivity contribution >= 4 is 17.7 Å². The molecule has 0 aliphatic carbocycles. The Morgan fingerprint density at radius 3 is 2.57 bits per heavy atom. The average Bonchev–Trinajstić information content (AvgIpc) is 3.42. The molecule has 1 spiro atoms. The van der Waals surface area contributed by atoms with E-state index in [1.54, 1.807) is 4.90 Å². The van der Waals surface area contributed by atoms with Crippen molar-refractivity contribution in [1.82, 2.24) is 15.5 Å². The Bertz CT molecular complexity index is 925. The topological polar surface area (TPSA) is 108 Å². The number of unbranched alkanes of at least 4 members (excludes halogenated alkanes) is 3. The number of nitrogens with zero attached hydrogens (tertiary/aromatic N) is 1. The first-order chi connectivity index (χ1) is 16.9. The maximum Gasteiger partial charge on any atom is 0.245 e. The number of carbonyl (C=O) groups is 3. The van der Waals surface area contributed by atoms with Gasteiger partial charge in [-0.2, -0.15) is 0 Å². The minimum Gasteiger partial charge on any atom is -0.396 e. The van der Waals surface area contributed by atoms with Crippen molar-refractivity contribution < 1.29 is 24.2 Å². The Morgan fingerprint density at radius 1 is 1.09 bits per heavy atom. The van der Waals surface area contributed by atoms with E-state index in [0.717, 1.165) is 24.8 Å². The van der Waals surface area contributed by atoms with Gasteiger partial charge in [-0.3, -0.25) is 14.4 Å². The molecule has 3 amide bonds. The van der Waals surface area contributed by atoms with Crippen LogP contribution in [0.2, 0.25) is 0 Å². The highest BCUT2D eigenvalue weighted by Crippen LogP contribution is 2.63. The number of carbonyl (C=O) groups excluding carboxylic acids is 3. The molecule has 0 aromatic heterocycles. The number of likely N-dealkylation sites (tertiary alicyclic amines) is 1. The van der Waals surface area contributed by atoms with Crippen LogP contribution in [0, 0.1) is 11.8 Å². The zero-order valence-electron chi connectivity index (χ0n) is 20.9. The summed E-state index contributed by atoms with van der Waals surface area (Å²) in [4.78, 5) is 42.4. The van der Waals surface area contributed by atoms with E-state index < -0.39 is 29.1 Å². The van der Waals surface area contributed by atoms with Crippen LogP contribution in [0.1, 0.15) is 64.4 Å². The van der Waals surface area contributed by atoms with Gasteiger partial charge in [-0.05, 0) is 44.6 Å². The fourth-order valence-corrected chi connectivity index (χ4v) is 6.34. The van der Waals surface area contributed by atoms with Gasteiger partial charge >= 0.3 is 0 Å². The molecular formula is C27H39N3O5. The van der Waals surface area contributed by atoms with Gasteiger partial charge in [-0.1, -0.05) is 50.1 Å². The number of ether oxygens (including phenoxy) is 1. The number of aliphatic hydroxyl groups excluding tert-OH is 1. The van der Waals surface area contributed by atoms with E-state index >= 15 is 0 Å². The van der Waals surface area contributed by atoms with E-state index in [1.165, 1.54) is 0 Å². The predicted octanol–water partition coefficient (Wildman–Crippen LogP) is 2.15. The molecule has 3 fully saturated rings. The second-order valence-corrected chi connectivity index (χ2v) is 10.4. The lowest BCUT2D eigenvalue weighted by Gasteiger charge is -2.33. The summed E-state index contributed by atoms with van der Waals surface area (Å²) in [6, 6.07) is 8.91. The van der Waals surface area contributed by atoms with E-state index in [-0.39, 0.29) is 24.3 Å². The number of benzene rings is 1. The van der Waals surface area contributed by atoms with Crippen LogP contribution < -0.4 is 10.6 Å². The minimum atomic E-state index is -0.991. The zero-order chi connectivity index (χ0) is 25.1. The molecule has 3 aliphatic heterocycles. The average molecular weight is 486 g/mol. The van der Waals surface area contributed by atoms with Gasteiger partial charge in [-0.15, -0.1) is 0 Å². The molecule has 8 heteroatoms. The maximum atomic E-state index is 13.8. The first-order valence-corrected chi connectivity index (χ1v) is 13.1. The Hall–Kier alpha value is -2.45. The van der Waals surface area contributed by atoms with Crippen molar-refractivity contribution in [2.45, 2.75) is 82.6 Å². The van der Waals surface area contributed by atoms with Crippen molar-refractivity contribution in [3.63, 3.8) is 0 Å². The Morgan fingerprint density at radius 2 is 1.86 bits per heavy atom. The zero-order valence-corrected chi connectivity index (χ0v) is 20.9. The molecule has 1 aromatic rings. The fourth-order valence-electron chi connectivity index (χ4n) is 6.34. The number of rotatable bonds is 12. The Balaban J connectivity index is 1.57. The molecule has 5 atom stereocenters. The number of hydrogen-bond donors (Lipinski definition) is 3. The third-order valence-electron chi connectivity index (χ3n) is 8.00. The summed E-state index contributed by atoms with van der Waals surface area (Å²) in [6.07, 6.45) is 5.30. The normalized spacial score (nSPS) is 31.0. The third kappa shape index (κ3) is 4.70. The molecule has 0 radical (unpaired) electrons. The predicted molar refractivity (Wildman–Crippen MR) is 131 cm³/mol. The van der Waals surface area contributed by atoms with Crippen LogP contribution in [0.3, 0.4) is 0 Å². The molecule has 2 bridgehead atoms. The van der Waals surface area contributed by atoms with Crippen molar-refractivity contribution in [2.24, 2.45) is 11.8 Å². The number of aliphatic hydroxyl groups is 1. The molecule has 35 heavy (non-hydrogen) atoms. The van der Waals surface area contributed by atoms with Gasteiger partial charge < -0.3 is 25.4 Å². The van der Waals surface area contributed by atoms with Crippen LogP contribution in [0.5, 0.6) is 0 Å². The van der Waals surface area contributed by atoms with E-state index in [1.807, 2.05) is 37.3 Å². The number of nitrogens with one attached hydrogen (secondary N) is 2. The monoisotopic (exact) mass is 485 g/mol. The minimum absolute atomic E-state index is 0.0313. The summed E-state index contributed by atoms with van der Waals surface area (Å²) in [5, 5.41) is 15.3. The van der Waals surface area contributed by atoms with Crippen LogP contribution in [0.4, 0.5) is 0 Å². The highest BCUT2D eigenvalue weighted by atomic mass is 16.5. The molecule has 0 saturated carbocycles. The van der Waals surface area contributed by atoms with Gasteiger partial charge in [0.1, 0.15) is 11.6 Å². The molecule has 3 aliphatic rings. The molecule has 3 N–H and O–H groups in total. The van der Waals surface area contributed by atoms with Gasteiger partial charge in [0.15, 0.2) is 0 Å². The fraction of sp³-hybridized carbons (Fsp3) is 0.667. The Labute approximate surface area is 207 Å². The molecular weight excluding hydrogens is 446 g/mol. The van der Waals surface area contributed by atoms with Crippen LogP contribution in [-0.4, -0.2) is 64.7 Å². The highest BCUT2D eigenvalue weighted by molar-refractivity contribution is 5.99. The van der Waals surface area contributed by atoms with Crippen molar-refractivity contribution in [3.05, 3.63) is 35.9 Å². The molecule has 4 rings (SSSR count). The van der Waals surface area contributed by atoms with Crippen LogP contribution in [-0.2, 0) is 25.7 Å². The highest BCUT2D eigenvalue weighted by Gasteiger charge is 2.77. The second kappa shape index (κ2) is 10.7. The van der Waals surface area contributed by atoms with E-state index in [0.29, 0.717) is 45.3 Å². The molecule has 3 heterocycles. The van der Waals surface area contributed by atoms with Crippen LogP contribution >= 0.6 is 0 Å². The lowest BCUT2D eigenvalue weighted by molar-refractivity contribution is -0.146. The number of amides is 3. The number of fused-ring (bicyclic) bond motifs is 1. The number of hydrogen-bond acceptors (Lipinski definition) is 5. The summed E-state index contributed by atoms with van der Waals surface area (Å²) < 4.78 is 6.59. The smallest absolute Gasteiger partial charge is 0.245 e. The van der Waals surface area contributed by atoms with E-state index in [4.69, 9.17) is 4.74 Å². The SMILES string of the molecule is CCCCCNC(=O)C1N(CCCCO)C(=O)[C@@H]2[C@H](C(=O)NCc3ccccc3)[C@]3(C)CCC12O3. The summed E-state index contributed by atoms with van der Waals surface area (Å²) in [7, 11) is 0. The largest absolute Gasteiger partial charge is 0.396 e. The van der Waals surface area contributed by atoms with Gasteiger partial charge in [0.25, 0.3) is 0 Å². The molecule has 1 aromatic carbocycles. The van der Waals surface area contributed by atoms with Crippen molar-refractivity contribution in [3.8, 4) is 0 Å².